The Hall–Kier alpha value is -2.96. The summed E-state index contributed by atoms with van der Waals surface area (Å²) in [6.07, 6.45) is 2.50. The van der Waals surface area contributed by atoms with Crippen molar-refractivity contribution in [1.29, 1.82) is 0 Å². The van der Waals surface area contributed by atoms with Crippen LogP contribution >= 0.6 is 0 Å². The lowest BCUT2D eigenvalue weighted by molar-refractivity contribution is -0.139. The van der Waals surface area contributed by atoms with E-state index in [9.17, 15) is 9.59 Å². The summed E-state index contributed by atoms with van der Waals surface area (Å²) in [6, 6.07) is 6.58. The first-order valence-corrected chi connectivity index (χ1v) is 8.83. The fourth-order valence-corrected chi connectivity index (χ4v) is 2.90. The summed E-state index contributed by atoms with van der Waals surface area (Å²) < 4.78 is 5.16. The molecule has 142 valence electrons. The van der Waals surface area contributed by atoms with Gasteiger partial charge in [-0.25, -0.2) is 14.8 Å². The maximum Gasteiger partial charge on any atom is 0.341 e. The van der Waals surface area contributed by atoms with E-state index in [0.717, 1.165) is 17.1 Å². The summed E-state index contributed by atoms with van der Waals surface area (Å²) in [4.78, 5) is 34.4. The van der Waals surface area contributed by atoms with Crippen LogP contribution in [0.1, 0.15) is 48.2 Å². The second-order valence-electron chi connectivity index (χ2n) is 7.60. The van der Waals surface area contributed by atoms with Crippen LogP contribution < -0.4 is 4.74 Å². The van der Waals surface area contributed by atoms with Gasteiger partial charge in [0.1, 0.15) is 11.6 Å². The molecular weight excluding hydrogens is 346 g/mol. The molecule has 1 aliphatic rings. The molecule has 7 nitrogen and oxygen atoms in total. The molecule has 0 spiro atoms. The fourth-order valence-electron chi connectivity index (χ4n) is 2.90. The minimum absolute atomic E-state index is 0.113. The van der Waals surface area contributed by atoms with E-state index in [0.29, 0.717) is 30.8 Å². The van der Waals surface area contributed by atoms with Gasteiger partial charge in [0.05, 0.1) is 5.69 Å². The minimum Gasteiger partial charge on any atom is -0.482 e. The fraction of sp³-hybridized carbons (Fsp3) is 0.400. The smallest absolute Gasteiger partial charge is 0.341 e. The predicted octanol–water partition coefficient (Wildman–Crippen LogP) is 2.44. The highest BCUT2D eigenvalue weighted by molar-refractivity contribution is 5.94. The third kappa shape index (κ3) is 4.42. The van der Waals surface area contributed by atoms with Crippen molar-refractivity contribution in [2.45, 2.75) is 39.2 Å². The lowest BCUT2D eigenvalue weighted by Gasteiger charge is -2.29. The maximum atomic E-state index is 12.8. The van der Waals surface area contributed by atoms with Gasteiger partial charge in [-0.15, -0.1) is 0 Å². The van der Waals surface area contributed by atoms with Crippen molar-refractivity contribution >= 4 is 11.9 Å². The molecule has 1 aromatic carbocycles. The molecule has 1 aliphatic heterocycles. The van der Waals surface area contributed by atoms with E-state index >= 15 is 0 Å². The largest absolute Gasteiger partial charge is 0.482 e. The molecule has 3 rings (SSSR count). The second-order valence-corrected chi connectivity index (χ2v) is 7.60. The van der Waals surface area contributed by atoms with E-state index in [2.05, 4.69) is 30.7 Å². The third-order valence-corrected chi connectivity index (χ3v) is 4.34. The van der Waals surface area contributed by atoms with Gasteiger partial charge in [0.2, 0.25) is 0 Å². The van der Waals surface area contributed by atoms with Crippen LogP contribution in [0.15, 0.2) is 30.5 Å². The summed E-state index contributed by atoms with van der Waals surface area (Å²) in [5, 5.41) is 8.71. The van der Waals surface area contributed by atoms with Crippen LogP contribution in [0.2, 0.25) is 0 Å². The number of aromatic nitrogens is 2. The zero-order valence-corrected chi connectivity index (χ0v) is 15.7. The average Bonchev–Trinajstić information content (AvgIpc) is 2.64. The number of amides is 1. The Morgan fingerprint density at radius 2 is 2.07 bits per heavy atom. The molecule has 0 saturated heterocycles. The van der Waals surface area contributed by atoms with E-state index < -0.39 is 12.6 Å². The van der Waals surface area contributed by atoms with Crippen molar-refractivity contribution in [3.63, 3.8) is 0 Å². The Kier molecular flexibility index (Phi) is 5.12. The highest BCUT2D eigenvalue weighted by Gasteiger charge is 2.25. The Morgan fingerprint density at radius 1 is 1.30 bits per heavy atom. The number of carboxylic acid groups (broad SMARTS) is 1. The van der Waals surface area contributed by atoms with Crippen LogP contribution in [0, 0.1) is 0 Å². The average molecular weight is 369 g/mol. The SMILES string of the molecule is CC(C)(C)c1ncc2c(n1)CCN(C(=O)c1cccc(OCC(=O)O)c1)C2. The first-order valence-electron chi connectivity index (χ1n) is 8.83. The van der Waals surface area contributed by atoms with Gasteiger partial charge in [-0.05, 0) is 18.2 Å². The quantitative estimate of drug-likeness (QED) is 0.890. The van der Waals surface area contributed by atoms with Gasteiger partial charge in [-0.2, -0.15) is 0 Å². The molecule has 2 heterocycles. The maximum absolute atomic E-state index is 12.8. The zero-order chi connectivity index (χ0) is 19.6. The molecule has 0 saturated carbocycles. The van der Waals surface area contributed by atoms with Crippen LogP contribution in [0.3, 0.4) is 0 Å². The second kappa shape index (κ2) is 7.34. The number of carbonyl (C=O) groups is 2. The molecule has 7 heteroatoms. The van der Waals surface area contributed by atoms with Gasteiger partial charge in [0.25, 0.3) is 5.91 Å². The van der Waals surface area contributed by atoms with E-state index in [-0.39, 0.29) is 11.3 Å². The number of hydrogen-bond acceptors (Lipinski definition) is 5. The summed E-state index contributed by atoms with van der Waals surface area (Å²) >= 11 is 0. The van der Waals surface area contributed by atoms with Crippen molar-refractivity contribution in [3.05, 3.63) is 53.1 Å². The van der Waals surface area contributed by atoms with Gasteiger partial charge in [0, 0.05) is 42.2 Å². The molecular formula is C20H23N3O4. The third-order valence-electron chi connectivity index (χ3n) is 4.34. The van der Waals surface area contributed by atoms with Crippen LogP contribution in [-0.4, -0.2) is 45.0 Å². The number of aliphatic carboxylic acids is 1. The Bertz CT molecular complexity index is 874. The Morgan fingerprint density at radius 3 is 2.78 bits per heavy atom. The zero-order valence-electron chi connectivity index (χ0n) is 15.7. The number of benzene rings is 1. The van der Waals surface area contributed by atoms with Crippen molar-refractivity contribution in [3.8, 4) is 5.75 Å². The van der Waals surface area contributed by atoms with Gasteiger partial charge in [0.15, 0.2) is 6.61 Å². The minimum atomic E-state index is -1.06. The molecule has 1 amide bonds. The van der Waals surface area contributed by atoms with E-state index in [1.165, 1.54) is 0 Å². The molecule has 0 radical (unpaired) electrons. The van der Waals surface area contributed by atoms with Crippen LogP contribution in [0.4, 0.5) is 0 Å². The molecule has 0 bridgehead atoms. The molecule has 0 aliphatic carbocycles. The van der Waals surface area contributed by atoms with Gasteiger partial charge in [-0.3, -0.25) is 4.79 Å². The Labute approximate surface area is 158 Å². The molecule has 1 N–H and O–H groups in total. The number of ether oxygens (including phenoxy) is 1. The van der Waals surface area contributed by atoms with Crippen LogP contribution in [0.5, 0.6) is 5.75 Å². The first kappa shape index (κ1) is 18.8. The van der Waals surface area contributed by atoms with Crippen LogP contribution in [-0.2, 0) is 23.2 Å². The molecule has 0 unspecified atom stereocenters. The molecule has 27 heavy (non-hydrogen) atoms. The lowest BCUT2D eigenvalue weighted by atomic mass is 9.95. The number of hydrogen-bond donors (Lipinski definition) is 1. The lowest BCUT2D eigenvalue weighted by Crippen LogP contribution is -2.37. The van der Waals surface area contributed by atoms with Crippen molar-refractivity contribution in [2.24, 2.45) is 0 Å². The van der Waals surface area contributed by atoms with Crippen molar-refractivity contribution < 1.29 is 19.4 Å². The van der Waals surface area contributed by atoms with Gasteiger partial charge >= 0.3 is 5.97 Å². The highest BCUT2D eigenvalue weighted by Crippen LogP contribution is 2.24. The predicted molar refractivity (Wildman–Crippen MR) is 98.7 cm³/mol. The monoisotopic (exact) mass is 369 g/mol. The number of fused-ring (bicyclic) bond motifs is 1. The standard InChI is InChI=1S/C20H23N3O4/c1-20(2,3)19-21-10-14-11-23(8-7-16(14)22-19)18(26)13-5-4-6-15(9-13)27-12-17(24)25/h4-6,9-10H,7-8,11-12H2,1-3H3,(H,24,25). The van der Waals surface area contributed by atoms with Crippen LogP contribution in [0.25, 0.3) is 0 Å². The summed E-state index contributed by atoms with van der Waals surface area (Å²) in [6.45, 7) is 6.82. The van der Waals surface area contributed by atoms with Crippen molar-refractivity contribution in [2.75, 3.05) is 13.2 Å². The number of carboxylic acids is 1. The highest BCUT2D eigenvalue weighted by atomic mass is 16.5. The molecule has 1 aromatic heterocycles. The summed E-state index contributed by atoms with van der Waals surface area (Å²) in [5.41, 5.74) is 2.31. The first-order chi connectivity index (χ1) is 12.7. The number of rotatable bonds is 4. The molecule has 0 fully saturated rings. The number of nitrogens with zero attached hydrogens (tertiary/aromatic N) is 3. The van der Waals surface area contributed by atoms with E-state index in [1.54, 1.807) is 29.2 Å². The Balaban J connectivity index is 1.74. The van der Waals surface area contributed by atoms with E-state index in [1.807, 2.05) is 6.20 Å². The normalized spacial score (nSPS) is 13.8. The topological polar surface area (TPSA) is 92.6 Å². The van der Waals surface area contributed by atoms with Gasteiger partial charge < -0.3 is 14.7 Å². The number of carbonyl (C=O) groups excluding carboxylic acids is 1. The van der Waals surface area contributed by atoms with E-state index in [4.69, 9.17) is 9.84 Å². The summed E-state index contributed by atoms with van der Waals surface area (Å²) in [7, 11) is 0. The van der Waals surface area contributed by atoms with Crippen molar-refractivity contribution in [1.82, 2.24) is 14.9 Å². The van der Waals surface area contributed by atoms with Gasteiger partial charge in [-0.1, -0.05) is 26.8 Å². The summed E-state index contributed by atoms with van der Waals surface area (Å²) in [5.74, 6) is -0.0153. The molecule has 0 atom stereocenters. The molecule has 2 aromatic rings.